The fraction of sp³-hybridized carbons (Fsp3) is 0.300. The Hall–Kier alpha value is -3.00. The Bertz CT molecular complexity index is 715. The van der Waals surface area contributed by atoms with Crippen LogP contribution in [0.4, 0.5) is 0 Å². The van der Waals surface area contributed by atoms with Crippen LogP contribution in [0.1, 0.15) is 25.8 Å². The molecule has 0 unspecified atom stereocenters. The monoisotopic (exact) mass is 339 g/mol. The van der Waals surface area contributed by atoms with Gasteiger partial charge in [-0.1, -0.05) is 13.8 Å². The van der Waals surface area contributed by atoms with Crippen molar-refractivity contribution in [1.29, 1.82) is 5.26 Å². The molecule has 2 aromatic carbocycles. The summed E-state index contributed by atoms with van der Waals surface area (Å²) in [5, 5.41) is 8.73. The Kier molecular flexibility index (Phi) is 6.85. The summed E-state index contributed by atoms with van der Waals surface area (Å²) in [7, 11) is 0. The predicted octanol–water partition coefficient (Wildman–Crippen LogP) is 3.97. The van der Waals surface area contributed by atoms with Gasteiger partial charge >= 0.3 is 5.97 Å². The molecule has 5 heteroatoms. The van der Waals surface area contributed by atoms with Crippen molar-refractivity contribution < 1.29 is 19.0 Å². The molecule has 0 atom stereocenters. The van der Waals surface area contributed by atoms with Crippen molar-refractivity contribution in [3.63, 3.8) is 0 Å². The molecule has 0 N–H and O–H groups in total. The molecule has 0 aliphatic heterocycles. The topological polar surface area (TPSA) is 68.6 Å². The minimum atomic E-state index is -0.512. The molecule has 2 rings (SSSR count). The van der Waals surface area contributed by atoms with Gasteiger partial charge in [-0.25, -0.2) is 4.79 Å². The van der Waals surface area contributed by atoms with Crippen LogP contribution in [0.2, 0.25) is 0 Å². The molecule has 0 radical (unpaired) electrons. The molecule has 2 aromatic rings. The van der Waals surface area contributed by atoms with E-state index in [0.29, 0.717) is 29.6 Å². The number of hydrogen-bond donors (Lipinski definition) is 0. The summed E-state index contributed by atoms with van der Waals surface area (Å²) < 4.78 is 16.2. The van der Waals surface area contributed by atoms with Gasteiger partial charge in [0.25, 0.3) is 0 Å². The molecule has 0 bridgehead atoms. The minimum absolute atomic E-state index is 0.201. The van der Waals surface area contributed by atoms with Crippen molar-refractivity contribution in [2.24, 2.45) is 5.92 Å². The van der Waals surface area contributed by atoms with E-state index >= 15 is 0 Å². The van der Waals surface area contributed by atoms with Crippen LogP contribution in [-0.2, 0) is 4.79 Å². The average molecular weight is 339 g/mol. The first-order valence-corrected chi connectivity index (χ1v) is 8.13. The van der Waals surface area contributed by atoms with Gasteiger partial charge in [-0.15, -0.1) is 0 Å². The number of rotatable bonds is 8. The van der Waals surface area contributed by atoms with E-state index in [1.165, 1.54) is 0 Å². The zero-order valence-corrected chi connectivity index (χ0v) is 14.4. The largest absolute Gasteiger partial charge is 0.494 e. The van der Waals surface area contributed by atoms with Gasteiger partial charge in [0.15, 0.2) is 6.61 Å². The molecule has 0 aromatic heterocycles. The molecule has 0 heterocycles. The quantitative estimate of drug-likeness (QED) is 0.538. The molecule has 5 nitrogen and oxygen atoms in total. The molecule has 25 heavy (non-hydrogen) atoms. The normalized spacial score (nSPS) is 10.2. The highest BCUT2D eigenvalue weighted by atomic mass is 16.6. The fourth-order valence-electron chi connectivity index (χ4n) is 1.95. The van der Waals surface area contributed by atoms with E-state index in [1.807, 2.05) is 18.2 Å². The highest BCUT2D eigenvalue weighted by Gasteiger charge is 2.07. The number of esters is 1. The lowest BCUT2D eigenvalue weighted by Crippen LogP contribution is -2.17. The SMILES string of the molecule is CC(C)CCOc1ccc(OCC(=O)Oc2ccc(C#N)cc2)cc1. The Morgan fingerprint density at radius 2 is 1.52 bits per heavy atom. The predicted molar refractivity (Wildman–Crippen MR) is 93.7 cm³/mol. The summed E-state index contributed by atoms with van der Waals surface area (Å²) in [6.45, 7) is 4.77. The molecule has 130 valence electrons. The standard InChI is InChI=1S/C20H21NO4/c1-15(2)11-12-23-17-7-9-18(10-8-17)24-14-20(22)25-19-5-3-16(13-21)4-6-19/h3-10,15H,11-12,14H2,1-2H3. The van der Waals surface area contributed by atoms with Crippen LogP contribution in [0.3, 0.4) is 0 Å². The van der Waals surface area contributed by atoms with Crippen LogP contribution < -0.4 is 14.2 Å². The van der Waals surface area contributed by atoms with Crippen molar-refractivity contribution in [3.8, 4) is 23.3 Å². The third-order valence-electron chi connectivity index (χ3n) is 3.36. The van der Waals surface area contributed by atoms with Crippen LogP contribution in [0.5, 0.6) is 17.2 Å². The first-order chi connectivity index (χ1) is 12.1. The highest BCUT2D eigenvalue weighted by molar-refractivity contribution is 5.74. The van der Waals surface area contributed by atoms with Crippen molar-refractivity contribution >= 4 is 5.97 Å². The van der Waals surface area contributed by atoms with Gasteiger partial charge in [0.1, 0.15) is 17.2 Å². The molecular weight excluding hydrogens is 318 g/mol. The molecule has 0 amide bonds. The van der Waals surface area contributed by atoms with Gasteiger partial charge < -0.3 is 14.2 Å². The Balaban J connectivity index is 1.76. The maximum absolute atomic E-state index is 11.8. The maximum Gasteiger partial charge on any atom is 0.349 e. The van der Waals surface area contributed by atoms with Crippen molar-refractivity contribution in [3.05, 3.63) is 54.1 Å². The van der Waals surface area contributed by atoms with Gasteiger partial charge in [-0.2, -0.15) is 5.26 Å². The summed E-state index contributed by atoms with van der Waals surface area (Å²) in [4.78, 5) is 11.8. The lowest BCUT2D eigenvalue weighted by atomic mass is 10.1. The number of nitrogens with zero attached hydrogens (tertiary/aromatic N) is 1. The van der Waals surface area contributed by atoms with Crippen molar-refractivity contribution in [1.82, 2.24) is 0 Å². The van der Waals surface area contributed by atoms with Gasteiger partial charge in [0.2, 0.25) is 0 Å². The van der Waals surface area contributed by atoms with E-state index in [9.17, 15) is 4.79 Å². The molecule has 0 saturated carbocycles. The number of carbonyl (C=O) groups excluding carboxylic acids is 1. The van der Waals surface area contributed by atoms with E-state index in [4.69, 9.17) is 19.5 Å². The second-order valence-electron chi connectivity index (χ2n) is 5.90. The van der Waals surface area contributed by atoms with E-state index in [-0.39, 0.29) is 6.61 Å². The summed E-state index contributed by atoms with van der Waals surface area (Å²) >= 11 is 0. The number of hydrogen-bond acceptors (Lipinski definition) is 5. The number of carbonyl (C=O) groups is 1. The van der Waals surface area contributed by atoms with Gasteiger partial charge in [0.05, 0.1) is 18.2 Å². The van der Waals surface area contributed by atoms with E-state index < -0.39 is 5.97 Å². The maximum atomic E-state index is 11.8. The van der Waals surface area contributed by atoms with Crippen molar-refractivity contribution in [2.45, 2.75) is 20.3 Å². The van der Waals surface area contributed by atoms with Crippen LogP contribution in [0.15, 0.2) is 48.5 Å². The van der Waals surface area contributed by atoms with E-state index in [2.05, 4.69) is 13.8 Å². The van der Waals surface area contributed by atoms with Crippen LogP contribution in [0.25, 0.3) is 0 Å². The van der Waals surface area contributed by atoms with E-state index in [1.54, 1.807) is 36.4 Å². The molecule has 0 aliphatic carbocycles. The van der Waals surface area contributed by atoms with Gasteiger partial charge in [-0.05, 0) is 60.9 Å². The highest BCUT2D eigenvalue weighted by Crippen LogP contribution is 2.18. The van der Waals surface area contributed by atoms with Crippen LogP contribution >= 0.6 is 0 Å². The second kappa shape index (κ2) is 9.33. The number of ether oxygens (including phenoxy) is 3. The summed E-state index contributed by atoms with van der Waals surface area (Å²) in [5.41, 5.74) is 0.506. The zero-order chi connectivity index (χ0) is 18.1. The molecule has 0 spiro atoms. The molecule has 0 fully saturated rings. The Labute approximate surface area is 147 Å². The smallest absolute Gasteiger partial charge is 0.349 e. The number of nitriles is 1. The molecule has 0 aliphatic rings. The zero-order valence-electron chi connectivity index (χ0n) is 14.4. The first kappa shape index (κ1) is 18.3. The third kappa shape index (κ3) is 6.56. The van der Waals surface area contributed by atoms with Gasteiger partial charge in [0, 0.05) is 0 Å². The first-order valence-electron chi connectivity index (χ1n) is 8.13. The third-order valence-corrected chi connectivity index (χ3v) is 3.36. The van der Waals surface area contributed by atoms with Crippen LogP contribution in [0, 0.1) is 17.2 Å². The van der Waals surface area contributed by atoms with Crippen molar-refractivity contribution in [2.75, 3.05) is 13.2 Å². The van der Waals surface area contributed by atoms with E-state index in [0.717, 1.165) is 12.2 Å². The minimum Gasteiger partial charge on any atom is -0.494 e. The summed E-state index contributed by atoms with van der Waals surface area (Å²) in [6.07, 6.45) is 0.999. The molecular formula is C20H21NO4. The summed E-state index contributed by atoms with van der Waals surface area (Å²) in [5.74, 6) is 1.80. The Morgan fingerprint density at radius 3 is 2.08 bits per heavy atom. The lowest BCUT2D eigenvalue weighted by Gasteiger charge is -2.09. The fourth-order valence-corrected chi connectivity index (χ4v) is 1.95. The average Bonchev–Trinajstić information content (AvgIpc) is 2.61. The number of benzene rings is 2. The second-order valence-corrected chi connectivity index (χ2v) is 5.90. The Morgan fingerprint density at radius 1 is 0.960 bits per heavy atom. The summed E-state index contributed by atoms with van der Waals surface area (Å²) in [6, 6.07) is 15.4. The van der Waals surface area contributed by atoms with Crippen LogP contribution in [-0.4, -0.2) is 19.2 Å². The lowest BCUT2D eigenvalue weighted by molar-refractivity contribution is -0.136. The van der Waals surface area contributed by atoms with Gasteiger partial charge in [-0.3, -0.25) is 0 Å². The molecule has 0 saturated heterocycles.